The van der Waals surface area contributed by atoms with Crippen molar-refractivity contribution < 1.29 is 42.5 Å². The van der Waals surface area contributed by atoms with E-state index in [1.54, 1.807) is 13.0 Å². The Hall–Kier alpha value is -7.25. The Morgan fingerprint density at radius 1 is 0.579 bits per heavy atom. The van der Waals surface area contributed by atoms with E-state index in [1.165, 1.54) is 4.90 Å². The SMILES string of the molecule is C=CCN(C(=O)OCC1c2ccccc2-c2ccccc21)[C@@H](CC(=O)OCC)[C@H](OCc1ccccc1)[C@@H](OCc1ccccc1)[C@H](OCc1ccccc1)C(=O)CO[Si](c1ccccc1)(c1ccccc1)C(C)(C)C. The summed E-state index contributed by atoms with van der Waals surface area (Å²) in [5.74, 6) is -1.26. The van der Waals surface area contributed by atoms with Gasteiger partial charge in [0.15, 0.2) is 5.78 Å². The van der Waals surface area contributed by atoms with Gasteiger partial charge in [0.05, 0.1) is 45.5 Å². The smallest absolute Gasteiger partial charge is 0.410 e. The van der Waals surface area contributed by atoms with Gasteiger partial charge in [-0.2, -0.15) is 0 Å². The molecule has 7 aromatic carbocycles. The lowest BCUT2D eigenvalue weighted by atomic mass is 9.94. The molecule has 0 saturated heterocycles. The molecule has 1 aliphatic rings. The molecule has 8 rings (SSSR count). The molecule has 10 nitrogen and oxygen atoms in total. The highest BCUT2D eigenvalue weighted by molar-refractivity contribution is 6.99. The van der Waals surface area contributed by atoms with Gasteiger partial charge in [-0.25, -0.2) is 4.79 Å². The highest BCUT2D eigenvalue weighted by Crippen LogP contribution is 2.45. The minimum Gasteiger partial charge on any atom is -0.466 e. The largest absolute Gasteiger partial charge is 0.466 e. The zero-order valence-electron chi connectivity index (χ0n) is 44.0. The van der Waals surface area contributed by atoms with Gasteiger partial charge in [0.25, 0.3) is 8.32 Å². The van der Waals surface area contributed by atoms with Crippen molar-refractivity contribution in [1.29, 1.82) is 0 Å². The first-order valence-corrected chi connectivity index (χ1v) is 28.1. The van der Waals surface area contributed by atoms with Crippen LogP contribution in [0.15, 0.2) is 213 Å². The van der Waals surface area contributed by atoms with E-state index in [0.29, 0.717) is 0 Å². The highest BCUT2D eigenvalue weighted by atomic mass is 28.4. The van der Waals surface area contributed by atoms with Crippen LogP contribution in [0.25, 0.3) is 11.1 Å². The summed E-state index contributed by atoms with van der Waals surface area (Å²) in [7, 11) is -3.29. The number of amides is 1. The molecule has 11 heteroatoms. The van der Waals surface area contributed by atoms with Crippen LogP contribution in [0.1, 0.15) is 67.9 Å². The Balaban J connectivity index is 1.25. The molecule has 0 heterocycles. The molecule has 0 spiro atoms. The zero-order chi connectivity index (χ0) is 53.3. The van der Waals surface area contributed by atoms with Gasteiger partial charge in [-0.15, -0.1) is 6.58 Å². The van der Waals surface area contributed by atoms with Crippen molar-refractivity contribution in [2.24, 2.45) is 0 Å². The van der Waals surface area contributed by atoms with E-state index >= 15 is 9.59 Å². The van der Waals surface area contributed by atoms with Crippen LogP contribution < -0.4 is 10.4 Å². The predicted molar refractivity (Wildman–Crippen MR) is 301 cm³/mol. The molecule has 0 unspecified atom stereocenters. The Kier molecular flexibility index (Phi) is 19.2. The van der Waals surface area contributed by atoms with Gasteiger partial charge in [-0.3, -0.25) is 14.5 Å². The van der Waals surface area contributed by atoms with E-state index < -0.39 is 55.6 Å². The first-order valence-electron chi connectivity index (χ1n) is 26.1. The van der Waals surface area contributed by atoms with Gasteiger partial charge in [-0.1, -0.05) is 227 Å². The molecule has 76 heavy (non-hydrogen) atoms. The van der Waals surface area contributed by atoms with Gasteiger partial charge in [0.1, 0.15) is 24.9 Å². The number of carbonyl (C=O) groups excluding carboxylic acids is 3. The van der Waals surface area contributed by atoms with Crippen LogP contribution in [0.5, 0.6) is 0 Å². The van der Waals surface area contributed by atoms with Crippen LogP contribution in [0.3, 0.4) is 0 Å². The highest BCUT2D eigenvalue weighted by Gasteiger charge is 2.52. The molecule has 0 N–H and O–H groups in total. The zero-order valence-corrected chi connectivity index (χ0v) is 45.0. The number of Topliss-reactive ketones (excluding diaryl/α,β-unsaturated/α-hetero) is 1. The van der Waals surface area contributed by atoms with Crippen molar-refractivity contribution in [2.75, 3.05) is 26.4 Å². The van der Waals surface area contributed by atoms with E-state index in [0.717, 1.165) is 49.3 Å². The number of carbonyl (C=O) groups is 3. The van der Waals surface area contributed by atoms with Crippen molar-refractivity contribution in [2.45, 2.75) is 89.2 Å². The lowest BCUT2D eigenvalue weighted by Gasteiger charge is -2.43. The maximum Gasteiger partial charge on any atom is 0.410 e. The van der Waals surface area contributed by atoms with E-state index in [2.05, 4.69) is 75.9 Å². The van der Waals surface area contributed by atoms with Gasteiger partial charge in [-0.05, 0) is 61.3 Å². The average Bonchev–Trinajstić information content (AvgIpc) is 3.79. The van der Waals surface area contributed by atoms with Crippen molar-refractivity contribution in [3.63, 3.8) is 0 Å². The standard InChI is InChI=1S/C65H69NO9Si/c1-6-41-66(64(69)74-46-57-55-39-25-23-37-53(55)54-38-24-26-40-56(54)57)58(42-60(68)70-7-2)61(71-43-48-27-13-8-14-28-48)63(73-45-50-31-17-10-18-32-50)62(72-44-49-29-15-9-16-30-49)59(67)47-75-76(65(3,4)5,51-33-19-11-20-34-51)52-35-21-12-22-36-52/h6,8-40,57-58,61-63H,1,7,41-47H2,2-5H3/t58-,61-,62+,63+/m0/s1. The van der Waals surface area contributed by atoms with Crippen molar-refractivity contribution in [3.05, 3.63) is 241 Å². The van der Waals surface area contributed by atoms with Gasteiger partial charge in [0, 0.05) is 12.5 Å². The van der Waals surface area contributed by atoms with Crippen molar-refractivity contribution in [1.82, 2.24) is 4.90 Å². The van der Waals surface area contributed by atoms with Gasteiger partial charge >= 0.3 is 12.1 Å². The topological polar surface area (TPSA) is 110 Å². The fourth-order valence-corrected chi connectivity index (χ4v) is 14.9. The number of rotatable bonds is 26. The molecule has 4 atom stereocenters. The van der Waals surface area contributed by atoms with Crippen molar-refractivity contribution >= 4 is 36.5 Å². The second-order valence-electron chi connectivity index (χ2n) is 20.0. The summed E-state index contributed by atoms with van der Waals surface area (Å²) in [6, 6.07) is 64.2. The molecule has 0 saturated carbocycles. The summed E-state index contributed by atoms with van der Waals surface area (Å²) >= 11 is 0. The number of fused-ring (bicyclic) bond motifs is 3. The molecule has 1 aliphatic carbocycles. The van der Waals surface area contributed by atoms with Crippen LogP contribution in [0.2, 0.25) is 5.04 Å². The van der Waals surface area contributed by atoms with Crippen LogP contribution in [-0.2, 0) is 57.5 Å². The Labute approximate surface area is 449 Å². The number of esters is 1. The van der Waals surface area contributed by atoms with Gasteiger partial charge in [0.2, 0.25) is 0 Å². The summed E-state index contributed by atoms with van der Waals surface area (Å²) < 4.78 is 40.5. The molecular formula is C65H69NO9Si. The molecule has 0 radical (unpaired) electrons. The maximum absolute atomic E-state index is 15.9. The molecule has 0 fully saturated rings. The molecule has 392 valence electrons. The first-order chi connectivity index (χ1) is 37.0. The lowest BCUT2D eigenvalue weighted by molar-refractivity contribution is -0.180. The third kappa shape index (κ3) is 13.2. The predicted octanol–water partition coefficient (Wildman–Crippen LogP) is 11.6. The Bertz CT molecular complexity index is 2870. The average molecular weight is 1040 g/mol. The summed E-state index contributed by atoms with van der Waals surface area (Å²) in [6.07, 6.45) is -3.40. The number of benzene rings is 7. The summed E-state index contributed by atoms with van der Waals surface area (Å²) in [6.45, 7) is 12.0. The lowest BCUT2D eigenvalue weighted by Crippen LogP contribution is -2.67. The summed E-state index contributed by atoms with van der Waals surface area (Å²) in [4.78, 5) is 46.7. The normalized spacial score (nSPS) is 13.8. The number of hydrogen-bond donors (Lipinski definition) is 0. The van der Waals surface area contributed by atoms with E-state index in [1.807, 2.05) is 152 Å². The van der Waals surface area contributed by atoms with E-state index in [-0.39, 0.29) is 58.5 Å². The van der Waals surface area contributed by atoms with Crippen molar-refractivity contribution in [3.8, 4) is 11.1 Å². The molecule has 0 aliphatic heterocycles. The van der Waals surface area contributed by atoms with Crippen LogP contribution in [0.4, 0.5) is 4.79 Å². The molecular weight excluding hydrogens is 967 g/mol. The minimum atomic E-state index is -3.29. The van der Waals surface area contributed by atoms with E-state index in [9.17, 15) is 4.79 Å². The monoisotopic (exact) mass is 1040 g/mol. The third-order valence-corrected chi connectivity index (χ3v) is 19.0. The Morgan fingerprint density at radius 3 is 1.47 bits per heavy atom. The van der Waals surface area contributed by atoms with Gasteiger partial charge < -0.3 is 28.1 Å². The summed E-state index contributed by atoms with van der Waals surface area (Å²) in [5.41, 5.74) is 6.69. The molecule has 0 aromatic heterocycles. The first kappa shape index (κ1) is 55.0. The van der Waals surface area contributed by atoms with Crippen LogP contribution in [-0.4, -0.2) is 81.8 Å². The minimum absolute atomic E-state index is 0.0109. The number of ether oxygens (including phenoxy) is 5. The molecule has 7 aromatic rings. The Morgan fingerprint density at radius 2 is 1.01 bits per heavy atom. The molecule has 0 bridgehead atoms. The second kappa shape index (κ2) is 26.5. The third-order valence-electron chi connectivity index (χ3n) is 14.0. The van der Waals surface area contributed by atoms with Crippen LogP contribution in [0, 0.1) is 0 Å². The molecule has 1 amide bonds. The summed E-state index contributed by atoms with van der Waals surface area (Å²) in [5, 5.41) is 1.54. The fraction of sp³-hybridized carbons (Fsp3) is 0.277. The number of hydrogen-bond acceptors (Lipinski definition) is 9. The number of ketones is 1. The quantitative estimate of drug-likeness (QED) is 0.0297. The van der Waals surface area contributed by atoms with Crippen LogP contribution >= 0.6 is 0 Å². The fourth-order valence-electron chi connectivity index (χ4n) is 10.4. The second-order valence-corrected chi connectivity index (χ2v) is 24.3. The number of nitrogens with zero attached hydrogens (tertiary/aromatic N) is 1. The van der Waals surface area contributed by atoms with E-state index in [4.69, 9.17) is 28.1 Å². The maximum atomic E-state index is 15.9.